The summed E-state index contributed by atoms with van der Waals surface area (Å²) in [4.78, 5) is 25.6. The predicted octanol–water partition coefficient (Wildman–Crippen LogP) is 0.455. The highest BCUT2D eigenvalue weighted by molar-refractivity contribution is 7.13. The van der Waals surface area contributed by atoms with Crippen LogP contribution in [0.25, 0.3) is 10.8 Å². The molecule has 2 rings (SSSR count). The van der Waals surface area contributed by atoms with E-state index in [0.29, 0.717) is 38.0 Å². The largest absolute Gasteiger partial charge is 0.414 e. The normalized spacial score (nSPS) is 11.9. The number of hydrogen-bond acceptors (Lipinski definition) is 7. The highest BCUT2D eigenvalue weighted by Gasteiger charge is 2.20. The summed E-state index contributed by atoms with van der Waals surface area (Å²) in [5.74, 6) is 0.531. The van der Waals surface area contributed by atoms with Crippen LogP contribution in [0.15, 0.2) is 21.9 Å². The molecule has 2 aromatic heterocycles. The molecule has 148 valence electrons. The molecule has 0 aliphatic rings. The molecule has 0 saturated heterocycles. The number of quaternary nitrogens is 1. The van der Waals surface area contributed by atoms with Crippen LogP contribution in [0.1, 0.15) is 25.7 Å². The van der Waals surface area contributed by atoms with E-state index in [1.807, 2.05) is 24.4 Å². The molecular weight excluding hydrogens is 370 g/mol. The summed E-state index contributed by atoms with van der Waals surface area (Å²) in [5, 5.41) is 15.0. The third-order valence-corrected chi connectivity index (χ3v) is 4.60. The van der Waals surface area contributed by atoms with Crippen molar-refractivity contribution in [3.63, 3.8) is 0 Å². The van der Waals surface area contributed by atoms with E-state index in [1.54, 1.807) is 7.11 Å². The molecule has 10 heteroatoms. The van der Waals surface area contributed by atoms with Crippen molar-refractivity contribution >= 4 is 23.3 Å². The monoisotopic (exact) mass is 396 g/mol. The number of imide groups is 1. The predicted molar refractivity (Wildman–Crippen MR) is 100 cm³/mol. The van der Waals surface area contributed by atoms with Gasteiger partial charge in [-0.25, -0.2) is 4.79 Å². The second-order valence-corrected chi connectivity index (χ2v) is 6.93. The lowest BCUT2D eigenvalue weighted by Crippen LogP contribution is -3.12. The van der Waals surface area contributed by atoms with Crippen LogP contribution in [-0.2, 0) is 16.1 Å². The zero-order chi connectivity index (χ0) is 19.5. The van der Waals surface area contributed by atoms with Crippen LogP contribution in [-0.4, -0.2) is 55.5 Å². The van der Waals surface area contributed by atoms with Gasteiger partial charge in [-0.15, -0.1) is 21.5 Å². The number of unbranched alkanes of at least 4 members (excludes halogenated alkanes) is 1. The van der Waals surface area contributed by atoms with Crippen molar-refractivity contribution in [2.75, 3.05) is 33.4 Å². The molecule has 0 spiro atoms. The fourth-order valence-electron chi connectivity index (χ4n) is 2.35. The van der Waals surface area contributed by atoms with Crippen molar-refractivity contribution in [2.45, 2.75) is 26.3 Å². The molecule has 27 heavy (non-hydrogen) atoms. The first-order valence-corrected chi connectivity index (χ1v) is 9.76. The van der Waals surface area contributed by atoms with Crippen molar-refractivity contribution in [1.82, 2.24) is 20.8 Å². The maximum absolute atomic E-state index is 12.1. The summed E-state index contributed by atoms with van der Waals surface area (Å²) in [6, 6.07) is 3.34. The van der Waals surface area contributed by atoms with Crippen molar-refractivity contribution in [1.29, 1.82) is 0 Å². The molecule has 2 heterocycles. The number of urea groups is 1. The van der Waals surface area contributed by atoms with Crippen LogP contribution in [0, 0.1) is 0 Å². The molecule has 9 nitrogen and oxygen atoms in total. The quantitative estimate of drug-likeness (QED) is 0.476. The van der Waals surface area contributed by atoms with Crippen molar-refractivity contribution in [3.8, 4) is 10.8 Å². The number of carbonyl (C=O) groups excluding carboxylic acids is 2. The lowest BCUT2D eigenvalue weighted by atomic mass is 10.3. The summed E-state index contributed by atoms with van der Waals surface area (Å²) >= 11 is 1.52. The summed E-state index contributed by atoms with van der Waals surface area (Å²) in [7, 11) is 1.60. The molecule has 0 fully saturated rings. The third-order valence-electron chi connectivity index (χ3n) is 3.74. The minimum Gasteiger partial charge on any atom is -0.414 e. The van der Waals surface area contributed by atoms with Gasteiger partial charge in [0.2, 0.25) is 0 Å². The van der Waals surface area contributed by atoms with Crippen LogP contribution in [0.3, 0.4) is 0 Å². The van der Waals surface area contributed by atoms with Crippen LogP contribution in [0.4, 0.5) is 4.79 Å². The zero-order valence-corrected chi connectivity index (χ0v) is 16.4. The number of ether oxygens (including phenoxy) is 1. The number of nitrogens with one attached hydrogen (secondary N) is 3. The molecule has 3 N–H and O–H groups in total. The minimum absolute atomic E-state index is 0.0985. The number of amides is 3. The molecule has 1 atom stereocenters. The number of methoxy groups -OCH3 is 1. The molecule has 1 unspecified atom stereocenters. The Kier molecular flexibility index (Phi) is 8.89. The number of hydrogen-bond donors (Lipinski definition) is 3. The van der Waals surface area contributed by atoms with Crippen molar-refractivity contribution in [2.24, 2.45) is 0 Å². The van der Waals surface area contributed by atoms with Gasteiger partial charge >= 0.3 is 6.03 Å². The van der Waals surface area contributed by atoms with Gasteiger partial charge in [0.25, 0.3) is 17.7 Å². The van der Waals surface area contributed by atoms with Gasteiger partial charge in [0.1, 0.15) is 6.54 Å². The van der Waals surface area contributed by atoms with Crippen LogP contribution in [0.2, 0.25) is 0 Å². The van der Waals surface area contributed by atoms with Crippen LogP contribution < -0.4 is 15.5 Å². The first-order chi connectivity index (χ1) is 13.1. The molecule has 0 radical (unpaired) electrons. The summed E-state index contributed by atoms with van der Waals surface area (Å²) in [6.07, 6.45) is 1.84. The Hall–Kier alpha value is -2.30. The minimum atomic E-state index is -0.475. The van der Waals surface area contributed by atoms with Crippen LogP contribution in [0.5, 0.6) is 0 Å². The number of nitrogens with zero attached hydrogens (tertiary/aromatic N) is 2. The lowest BCUT2D eigenvalue weighted by molar-refractivity contribution is -0.907. The van der Waals surface area contributed by atoms with E-state index < -0.39 is 6.03 Å². The van der Waals surface area contributed by atoms with Gasteiger partial charge in [0.15, 0.2) is 13.1 Å². The Morgan fingerprint density at radius 2 is 2.22 bits per heavy atom. The van der Waals surface area contributed by atoms with Crippen molar-refractivity contribution in [3.05, 3.63) is 23.4 Å². The number of rotatable bonds is 11. The first kappa shape index (κ1) is 21.0. The Balaban J connectivity index is 1.88. The standard InChI is InChI=1S/C17H25N5O4S/c1-3-4-7-18-17(24)19-14(23)11-22(8-9-25-2)12-15-20-21-16(26-15)13-6-5-10-27-13/h5-6,10H,3-4,7-9,11-12H2,1-2H3,(H2,18,19,23,24)/p+1. The molecule has 0 aromatic carbocycles. The average Bonchev–Trinajstić information content (AvgIpc) is 3.31. The summed E-state index contributed by atoms with van der Waals surface area (Å²) in [6.45, 7) is 4.08. The Bertz CT molecular complexity index is 704. The summed E-state index contributed by atoms with van der Waals surface area (Å²) in [5.41, 5.74) is 0. The smallest absolute Gasteiger partial charge is 0.321 e. The van der Waals surface area contributed by atoms with Gasteiger partial charge in [-0.1, -0.05) is 19.4 Å². The van der Waals surface area contributed by atoms with Gasteiger partial charge in [0.05, 0.1) is 11.5 Å². The number of thiophene rings is 1. The SMILES string of the molecule is CCCCNC(=O)NC(=O)C[NH+](CCOC)Cc1nnc(-c2cccs2)o1. The molecule has 3 amide bonds. The zero-order valence-electron chi connectivity index (χ0n) is 15.6. The maximum Gasteiger partial charge on any atom is 0.321 e. The van der Waals surface area contributed by atoms with E-state index in [-0.39, 0.29) is 12.5 Å². The average molecular weight is 396 g/mol. The molecule has 0 bridgehead atoms. The topological polar surface area (TPSA) is 111 Å². The van der Waals surface area contributed by atoms with Gasteiger partial charge in [0, 0.05) is 13.7 Å². The molecule has 0 aliphatic carbocycles. The fraction of sp³-hybridized carbons (Fsp3) is 0.529. The molecular formula is C17H26N5O4S+. The van der Waals surface area contributed by atoms with E-state index in [0.717, 1.165) is 22.6 Å². The third kappa shape index (κ3) is 7.45. The van der Waals surface area contributed by atoms with Gasteiger partial charge in [-0.2, -0.15) is 0 Å². The first-order valence-electron chi connectivity index (χ1n) is 8.88. The maximum atomic E-state index is 12.1. The van der Waals surface area contributed by atoms with E-state index >= 15 is 0 Å². The fourth-order valence-corrected chi connectivity index (χ4v) is 2.99. The van der Waals surface area contributed by atoms with Crippen LogP contribution >= 0.6 is 11.3 Å². The van der Waals surface area contributed by atoms with E-state index in [2.05, 4.69) is 20.8 Å². The Morgan fingerprint density at radius 1 is 1.37 bits per heavy atom. The van der Waals surface area contributed by atoms with E-state index in [1.165, 1.54) is 11.3 Å². The van der Waals surface area contributed by atoms with E-state index in [4.69, 9.17) is 9.15 Å². The van der Waals surface area contributed by atoms with Crippen molar-refractivity contribution < 1.29 is 23.6 Å². The summed E-state index contributed by atoms with van der Waals surface area (Å²) < 4.78 is 10.8. The second kappa shape index (κ2) is 11.4. The highest BCUT2D eigenvalue weighted by Crippen LogP contribution is 2.22. The van der Waals surface area contributed by atoms with Gasteiger partial charge < -0.3 is 19.4 Å². The lowest BCUT2D eigenvalue weighted by Gasteiger charge is -2.16. The number of carbonyl (C=O) groups is 2. The molecule has 2 aromatic rings. The Morgan fingerprint density at radius 3 is 2.93 bits per heavy atom. The molecule has 0 saturated carbocycles. The van der Waals surface area contributed by atoms with Gasteiger partial charge in [-0.3, -0.25) is 10.1 Å². The highest BCUT2D eigenvalue weighted by atomic mass is 32.1. The van der Waals surface area contributed by atoms with E-state index in [9.17, 15) is 9.59 Å². The number of aromatic nitrogens is 2. The second-order valence-electron chi connectivity index (χ2n) is 5.98. The molecule has 0 aliphatic heterocycles. The Labute approximate surface area is 162 Å². The van der Waals surface area contributed by atoms with Gasteiger partial charge in [-0.05, 0) is 17.9 Å².